The predicted molar refractivity (Wildman–Crippen MR) is 94.1 cm³/mol. The first-order valence-corrected chi connectivity index (χ1v) is 8.85. The van der Waals surface area contributed by atoms with Gasteiger partial charge in [-0.15, -0.1) is 0 Å². The van der Waals surface area contributed by atoms with Crippen molar-refractivity contribution in [3.63, 3.8) is 0 Å². The predicted octanol–water partition coefficient (Wildman–Crippen LogP) is 1.79. The molecule has 2 N–H and O–H groups in total. The quantitative estimate of drug-likeness (QED) is 0.786. The minimum Gasteiger partial charge on any atom is -0.481 e. The molecule has 1 aromatic heterocycles. The third-order valence-electron chi connectivity index (χ3n) is 5.12. The number of aryl methyl sites for hydroxylation is 1. The highest BCUT2D eigenvalue weighted by atomic mass is 19.1. The summed E-state index contributed by atoms with van der Waals surface area (Å²) in [5.74, 6) is -1.43. The highest BCUT2D eigenvalue weighted by Gasteiger charge is 2.49. The number of nitrogens with zero attached hydrogens (tertiary/aromatic N) is 3. The summed E-state index contributed by atoms with van der Waals surface area (Å²) >= 11 is 0. The molecule has 1 fully saturated rings. The molecule has 26 heavy (non-hydrogen) atoms. The number of hydrogen-bond donors (Lipinski definition) is 2. The normalized spacial score (nSPS) is 23.8. The smallest absolute Gasteiger partial charge is 0.313 e. The summed E-state index contributed by atoms with van der Waals surface area (Å²) in [6.07, 6.45) is 4.01. The second-order valence-corrected chi connectivity index (χ2v) is 6.97. The van der Waals surface area contributed by atoms with E-state index in [0.29, 0.717) is 18.5 Å². The van der Waals surface area contributed by atoms with Gasteiger partial charge in [0, 0.05) is 32.0 Å². The minimum absolute atomic E-state index is 0.108. The van der Waals surface area contributed by atoms with Crippen LogP contribution in [0.3, 0.4) is 0 Å². The average Bonchev–Trinajstić information content (AvgIpc) is 3.11. The highest BCUT2D eigenvalue weighted by Crippen LogP contribution is 2.35. The number of carbonyl (C=O) groups is 1. The first kappa shape index (κ1) is 18.5. The number of aromatic nitrogens is 2. The zero-order valence-electron chi connectivity index (χ0n) is 14.6. The Morgan fingerprint density at radius 2 is 2.19 bits per heavy atom. The van der Waals surface area contributed by atoms with Crippen molar-refractivity contribution in [2.45, 2.75) is 31.9 Å². The lowest BCUT2D eigenvalue weighted by atomic mass is 9.73. The summed E-state index contributed by atoms with van der Waals surface area (Å²) in [4.78, 5) is 14.2. The topological polar surface area (TPSA) is 78.6 Å². The Bertz CT molecular complexity index is 737. The van der Waals surface area contributed by atoms with E-state index in [-0.39, 0.29) is 13.0 Å². The number of aliphatic hydroxyl groups is 1. The van der Waals surface area contributed by atoms with Crippen LogP contribution in [0.15, 0.2) is 42.7 Å². The van der Waals surface area contributed by atoms with Crippen molar-refractivity contribution in [3.8, 4) is 0 Å². The van der Waals surface area contributed by atoms with Gasteiger partial charge in [-0.05, 0) is 49.6 Å². The maximum absolute atomic E-state index is 13.5. The van der Waals surface area contributed by atoms with Crippen molar-refractivity contribution in [1.82, 2.24) is 14.7 Å². The molecule has 3 rings (SSSR count). The summed E-state index contributed by atoms with van der Waals surface area (Å²) in [5.41, 5.74) is -0.734. The van der Waals surface area contributed by atoms with Crippen molar-refractivity contribution in [2.75, 3.05) is 19.6 Å². The molecular weight excluding hydrogens is 337 g/mol. The number of halogens is 1. The lowest BCUT2D eigenvalue weighted by Gasteiger charge is -2.43. The van der Waals surface area contributed by atoms with Crippen molar-refractivity contribution < 1.29 is 19.4 Å². The molecule has 0 spiro atoms. The van der Waals surface area contributed by atoms with Gasteiger partial charge in [-0.2, -0.15) is 5.10 Å². The van der Waals surface area contributed by atoms with Gasteiger partial charge in [0.2, 0.25) is 0 Å². The monoisotopic (exact) mass is 361 g/mol. The Balaban J connectivity index is 1.69. The van der Waals surface area contributed by atoms with Crippen molar-refractivity contribution >= 4 is 5.97 Å². The fourth-order valence-corrected chi connectivity index (χ4v) is 3.72. The van der Waals surface area contributed by atoms with Crippen LogP contribution in [0.1, 0.15) is 18.4 Å². The van der Waals surface area contributed by atoms with Gasteiger partial charge >= 0.3 is 5.97 Å². The van der Waals surface area contributed by atoms with E-state index in [1.54, 1.807) is 18.3 Å². The van der Waals surface area contributed by atoms with Gasteiger partial charge in [0.15, 0.2) is 0 Å². The first-order valence-electron chi connectivity index (χ1n) is 8.85. The lowest BCUT2D eigenvalue weighted by Crippen LogP contribution is -2.57. The average molecular weight is 361 g/mol. The number of piperidine rings is 1. The van der Waals surface area contributed by atoms with E-state index >= 15 is 0 Å². The van der Waals surface area contributed by atoms with Crippen LogP contribution in [0.2, 0.25) is 0 Å². The second kappa shape index (κ2) is 7.97. The van der Waals surface area contributed by atoms with Crippen LogP contribution in [0.5, 0.6) is 0 Å². The number of carboxylic acid groups (broad SMARTS) is 1. The second-order valence-electron chi connectivity index (χ2n) is 6.97. The molecule has 140 valence electrons. The van der Waals surface area contributed by atoms with E-state index in [0.717, 1.165) is 19.5 Å². The molecule has 6 nitrogen and oxygen atoms in total. The summed E-state index contributed by atoms with van der Waals surface area (Å²) in [6.45, 7) is 2.39. The lowest BCUT2D eigenvalue weighted by molar-refractivity contribution is -0.163. The molecule has 0 bridgehead atoms. The molecule has 2 atom stereocenters. The van der Waals surface area contributed by atoms with Crippen molar-refractivity contribution in [2.24, 2.45) is 5.41 Å². The largest absolute Gasteiger partial charge is 0.481 e. The Kier molecular flexibility index (Phi) is 5.68. The van der Waals surface area contributed by atoms with Crippen LogP contribution >= 0.6 is 0 Å². The van der Waals surface area contributed by atoms with Gasteiger partial charge in [-0.25, -0.2) is 4.39 Å². The number of aliphatic hydroxyl groups excluding tert-OH is 1. The van der Waals surface area contributed by atoms with Gasteiger partial charge in [-0.1, -0.05) is 12.1 Å². The fraction of sp³-hybridized carbons (Fsp3) is 0.474. The summed E-state index contributed by atoms with van der Waals surface area (Å²) in [7, 11) is 0. The SMILES string of the molecule is O=C(O)[C@]1(Cc2cccc(F)c2)CN(CCCn2cccn2)CC[C@H]1O. The van der Waals surface area contributed by atoms with E-state index < -0.39 is 23.3 Å². The molecule has 0 aliphatic carbocycles. The van der Waals surface area contributed by atoms with Crippen LogP contribution < -0.4 is 0 Å². The number of likely N-dealkylation sites (tertiary alicyclic amines) is 1. The van der Waals surface area contributed by atoms with Crippen molar-refractivity contribution in [3.05, 3.63) is 54.1 Å². The number of hydrogen-bond acceptors (Lipinski definition) is 4. The molecule has 1 saturated heterocycles. The van der Waals surface area contributed by atoms with E-state index in [2.05, 4.69) is 10.00 Å². The summed E-state index contributed by atoms with van der Waals surface area (Å²) in [6, 6.07) is 7.81. The van der Waals surface area contributed by atoms with Crippen LogP contribution in [-0.4, -0.2) is 56.6 Å². The standard InChI is InChI=1S/C19H24FN3O3/c20-16-5-1-4-15(12-16)13-19(18(25)26)14-22(11-6-17(19)24)8-3-10-23-9-2-7-21-23/h1-2,4-5,7,9,12,17,24H,3,6,8,10-11,13-14H2,(H,25,26)/t17-,19-/m1/s1. The molecule has 1 aliphatic heterocycles. The Morgan fingerprint density at radius 3 is 2.88 bits per heavy atom. The highest BCUT2D eigenvalue weighted by molar-refractivity contribution is 5.76. The molecule has 0 unspecified atom stereocenters. The molecule has 0 amide bonds. The number of rotatable bonds is 7. The maximum Gasteiger partial charge on any atom is 0.313 e. The Morgan fingerprint density at radius 1 is 1.35 bits per heavy atom. The van der Waals surface area contributed by atoms with Crippen LogP contribution in [0.25, 0.3) is 0 Å². The molecular formula is C19H24FN3O3. The summed E-state index contributed by atoms with van der Waals surface area (Å²) < 4.78 is 15.3. The molecule has 2 heterocycles. The van der Waals surface area contributed by atoms with Crippen LogP contribution in [0.4, 0.5) is 4.39 Å². The van der Waals surface area contributed by atoms with Gasteiger partial charge in [0.1, 0.15) is 11.2 Å². The zero-order chi connectivity index (χ0) is 18.6. The number of carboxylic acids is 1. The van der Waals surface area contributed by atoms with E-state index in [1.165, 1.54) is 12.1 Å². The third-order valence-corrected chi connectivity index (χ3v) is 5.12. The third kappa shape index (κ3) is 4.11. The maximum atomic E-state index is 13.5. The van der Waals surface area contributed by atoms with Crippen molar-refractivity contribution in [1.29, 1.82) is 0 Å². The molecule has 1 aromatic carbocycles. The molecule has 0 saturated carbocycles. The summed E-state index contributed by atoms with van der Waals surface area (Å²) in [5, 5.41) is 24.5. The van der Waals surface area contributed by atoms with Gasteiger partial charge in [-0.3, -0.25) is 9.48 Å². The van der Waals surface area contributed by atoms with Crippen LogP contribution in [-0.2, 0) is 17.8 Å². The van der Waals surface area contributed by atoms with Gasteiger partial charge < -0.3 is 15.1 Å². The van der Waals surface area contributed by atoms with E-state index in [1.807, 2.05) is 16.9 Å². The van der Waals surface area contributed by atoms with Crippen LogP contribution in [0, 0.1) is 11.2 Å². The number of benzene rings is 1. The van der Waals surface area contributed by atoms with Gasteiger partial charge in [0.05, 0.1) is 6.10 Å². The minimum atomic E-state index is -1.32. The number of aliphatic carboxylic acids is 1. The zero-order valence-corrected chi connectivity index (χ0v) is 14.6. The molecule has 2 aromatic rings. The van der Waals surface area contributed by atoms with E-state index in [9.17, 15) is 19.4 Å². The molecule has 7 heteroatoms. The Labute approximate surface area is 151 Å². The fourth-order valence-electron chi connectivity index (χ4n) is 3.72. The van der Waals surface area contributed by atoms with Gasteiger partial charge in [0.25, 0.3) is 0 Å². The molecule has 1 aliphatic rings. The first-order chi connectivity index (χ1) is 12.5. The Hall–Kier alpha value is -2.25. The molecule has 0 radical (unpaired) electrons. The van der Waals surface area contributed by atoms with E-state index in [4.69, 9.17) is 0 Å².